The summed E-state index contributed by atoms with van der Waals surface area (Å²) in [4.78, 5) is 16.3. The number of hydrogen-bond donors (Lipinski definition) is 0. The summed E-state index contributed by atoms with van der Waals surface area (Å²) in [5, 5.41) is 8.77. The zero-order valence-electron chi connectivity index (χ0n) is 19.1. The minimum absolute atomic E-state index is 0.0150. The molecule has 3 aromatic rings. The van der Waals surface area contributed by atoms with E-state index in [1.165, 1.54) is 0 Å². The van der Waals surface area contributed by atoms with Gasteiger partial charge < -0.3 is 24.0 Å². The molecule has 2 aromatic carbocycles. The number of benzene rings is 2. The van der Waals surface area contributed by atoms with Crippen molar-refractivity contribution < 1.29 is 23.4 Å². The number of anilines is 1. The minimum atomic E-state index is -0.575. The first-order valence-corrected chi connectivity index (χ1v) is 11.5. The highest BCUT2D eigenvalue weighted by atomic mass is 35.5. The van der Waals surface area contributed by atoms with E-state index in [4.69, 9.17) is 37.4 Å². The third-order valence-electron chi connectivity index (χ3n) is 5.59. The summed E-state index contributed by atoms with van der Waals surface area (Å²) >= 11 is 11.9. The van der Waals surface area contributed by atoms with E-state index in [0.717, 1.165) is 17.7 Å². The van der Waals surface area contributed by atoms with E-state index in [1.54, 1.807) is 19.1 Å². The van der Waals surface area contributed by atoms with Gasteiger partial charge in [0.15, 0.2) is 18.2 Å². The molecule has 0 unspecified atom stereocenters. The molecule has 11 heteroatoms. The van der Waals surface area contributed by atoms with Crippen molar-refractivity contribution in [3.05, 3.63) is 58.3 Å². The monoisotopic (exact) mass is 520 g/mol. The zero-order valence-corrected chi connectivity index (χ0v) is 20.6. The van der Waals surface area contributed by atoms with Gasteiger partial charge in [0.05, 0.1) is 30.0 Å². The summed E-state index contributed by atoms with van der Waals surface area (Å²) in [6, 6.07) is 11.4. The smallest absolute Gasteiger partial charge is 0.260 e. The molecule has 0 bridgehead atoms. The van der Waals surface area contributed by atoms with Gasteiger partial charge in [0.2, 0.25) is 0 Å². The van der Waals surface area contributed by atoms with Gasteiger partial charge >= 0.3 is 0 Å². The second-order valence-corrected chi connectivity index (χ2v) is 8.51. The quantitative estimate of drug-likeness (QED) is 0.458. The van der Waals surface area contributed by atoms with Crippen LogP contribution in [0.25, 0.3) is 11.3 Å². The average molecular weight is 521 g/mol. The van der Waals surface area contributed by atoms with Crippen LogP contribution in [0, 0.1) is 5.82 Å². The molecule has 0 radical (unpaired) electrons. The molecule has 1 fully saturated rings. The van der Waals surface area contributed by atoms with E-state index >= 15 is 0 Å². The Morgan fingerprint density at radius 3 is 2.29 bits per heavy atom. The summed E-state index contributed by atoms with van der Waals surface area (Å²) in [6.07, 6.45) is 0. The van der Waals surface area contributed by atoms with Crippen LogP contribution in [0.3, 0.4) is 0 Å². The van der Waals surface area contributed by atoms with Gasteiger partial charge in [-0.15, -0.1) is 10.2 Å². The molecule has 0 aliphatic carbocycles. The molecule has 1 aliphatic rings. The molecule has 184 valence electrons. The van der Waals surface area contributed by atoms with Crippen LogP contribution in [0.2, 0.25) is 10.0 Å². The highest BCUT2D eigenvalue weighted by Crippen LogP contribution is 2.34. The van der Waals surface area contributed by atoms with Gasteiger partial charge in [0.1, 0.15) is 17.3 Å². The highest BCUT2D eigenvalue weighted by Gasteiger charge is 2.23. The fourth-order valence-electron chi connectivity index (χ4n) is 3.73. The normalized spacial score (nSPS) is 13.5. The Bertz CT molecular complexity index is 1180. The van der Waals surface area contributed by atoms with Crippen LogP contribution < -0.4 is 19.1 Å². The van der Waals surface area contributed by atoms with Crippen molar-refractivity contribution >= 4 is 34.9 Å². The lowest BCUT2D eigenvalue weighted by Gasteiger charge is -2.35. The average Bonchev–Trinajstić information content (AvgIpc) is 2.87. The molecule has 2 heterocycles. The molecule has 1 saturated heterocycles. The van der Waals surface area contributed by atoms with Gasteiger partial charge in [0.25, 0.3) is 5.91 Å². The molecule has 1 aliphatic heterocycles. The maximum atomic E-state index is 13.3. The summed E-state index contributed by atoms with van der Waals surface area (Å²) in [7, 11) is 3.20. The molecule has 0 atom stereocenters. The third kappa shape index (κ3) is 5.68. The molecular weight excluding hydrogens is 498 g/mol. The number of methoxy groups -OCH3 is 2. The molecule has 4 rings (SSSR count). The van der Waals surface area contributed by atoms with Gasteiger partial charge in [-0.05, 0) is 42.5 Å². The Kier molecular flexibility index (Phi) is 7.77. The van der Waals surface area contributed by atoms with Gasteiger partial charge in [-0.25, -0.2) is 4.39 Å². The molecule has 8 nitrogen and oxygen atoms in total. The molecule has 1 amide bonds. The molecule has 0 saturated carbocycles. The molecule has 0 spiro atoms. The number of carbonyl (C=O) groups excluding carboxylic acids is 1. The number of aromatic nitrogens is 2. The Hall–Kier alpha value is -3.30. The number of nitrogens with zero attached hydrogens (tertiary/aromatic N) is 4. The van der Waals surface area contributed by atoms with E-state index < -0.39 is 5.82 Å². The summed E-state index contributed by atoms with van der Waals surface area (Å²) in [5.41, 5.74) is 1.44. The van der Waals surface area contributed by atoms with E-state index in [-0.39, 0.29) is 28.3 Å². The van der Waals surface area contributed by atoms with Crippen LogP contribution in [0.15, 0.2) is 42.5 Å². The van der Waals surface area contributed by atoms with Gasteiger partial charge in [-0.3, -0.25) is 4.79 Å². The van der Waals surface area contributed by atoms with E-state index in [2.05, 4.69) is 15.1 Å². The largest absolute Gasteiger partial charge is 0.497 e. The van der Waals surface area contributed by atoms with Crippen molar-refractivity contribution in [3.63, 3.8) is 0 Å². The minimum Gasteiger partial charge on any atom is -0.497 e. The molecule has 0 N–H and O–H groups in total. The summed E-state index contributed by atoms with van der Waals surface area (Å²) < 4.78 is 29.5. The second-order valence-electron chi connectivity index (χ2n) is 7.70. The van der Waals surface area contributed by atoms with Crippen molar-refractivity contribution in [1.29, 1.82) is 0 Å². The number of amides is 1. The molecule has 1 aromatic heterocycles. The number of carbonyl (C=O) groups is 1. The Balaban J connectivity index is 1.35. The first-order valence-electron chi connectivity index (χ1n) is 10.8. The first-order chi connectivity index (χ1) is 16.9. The zero-order chi connectivity index (χ0) is 24.9. The number of ether oxygens (including phenoxy) is 3. The topological polar surface area (TPSA) is 77.0 Å². The highest BCUT2D eigenvalue weighted by molar-refractivity contribution is 6.37. The lowest BCUT2D eigenvalue weighted by atomic mass is 10.1. The van der Waals surface area contributed by atoms with E-state index in [9.17, 15) is 9.18 Å². The maximum Gasteiger partial charge on any atom is 0.260 e. The van der Waals surface area contributed by atoms with Gasteiger partial charge in [-0.2, -0.15) is 0 Å². The Labute approximate surface area is 212 Å². The van der Waals surface area contributed by atoms with Crippen LogP contribution in [0.5, 0.6) is 17.2 Å². The number of rotatable bonds is 7. The molecule has 35 heavy (non-hydrogen) atoms. The van der Waals surface area contributed by atoms with E-state index in [0.29, 0.717) is 49.2 Å². The Morgan fingerprint density at radius 1 is 0.971 bits per heavy atom. The predicted molar refractivity (Wildman–Crippen MR) is 131 cm³/mol. The van der Waals surface area contributed by atoms with Gasteiger partial charge in [0, 0.05) is 31.7 Å². The van der Waals surface area contributed by atoms with Crippen molar-refractivity contribution in [2.45, 2.75) is 0 Å². The van der Waals surface area contributed by atoms with E-state index in [1.807, 2.05) is 30.3 Å². The van der Waals surface area contributed by atoms with Crippen LogP contribution in [0.4, 0.5) is 10.2 Å². The second kappa shape index (κ2) is 11.0. The fraction of sp³-hybridized carbons (Fsp3) is 0.292. The number of halogens is 3. The Morgan fingerprint density at radius 2 is 1.69 bits per heavy atom. The van der Waals surface area contributed by atoms with Crippen molar-refractivity contribution in [2.75, 3.05) is 51.9 Å². The van der Waals surface area contributed by atoms with Crippen molar-refractivity contribution in [3.8, 4) is 28.5 Å². The van der Waals surface area contributed by atoms with Gasteiger partial charge in [-0.1, -0.05) is 23.2 Å². The standard InChI is InChI=1S/C24H23Cl2FN4O4/c1-33-16-3-5-21(34-2)17(13-16)20-4-6-22(29-28-20)30-7-9-31(10-8-30)23(32)14-35-24-18(25)11-15(27)12-19(24)26/h3-6,11-13H,7-10,14H2,1-2H3. The predicted octanol–water partition coefficient (Wildman–Crippen LogP) is 4.33. The summed E-state index contributed by atoms with van der Waals surface area (Å²) in [5.74, 6) is 1.38. The van der Waals surface area contributed by atoms with Crippen LogP contribution in [-0.4, -0.2) is 68.0 Å². The van der Waals surface area contributed by atoms with Crippen LogP contribution in [-0.2, 0) is 4.79 Å². The number of piperazine rings is 1. The lowest BCUT2D eigenvalue weighted by molar-refractivity contribution is -0.133. The van der Waals surface area contributed by atoms with Crippen molar-refractivity contribution in [1.82, 2.24) is 15.1 Å². The first kappa shape index (κ1) is 24.8. The fourth-order valence-corrected chi connectivity index (χ4v) is 4.30. The van der Waals surface area contributed by atoms with Crippen LogP contribution in [0.1, 0.15) is 0 Å². The third-order valence-corrected chi connectivity index (χ3v) is 6.15. The van der Waals surface area contributed by atoms with Crippen molar-refractivity contribution in [2.24, 2.45) is 0 Å². The number of hydrogen-bond acceptors (Lipinski definition) is 7. The summed E-state index contributed by atoms with van der Waals surface area (Å²) in [6.45, 7) is 1.89. The van der Waals surface area contributed by atoms with Crippen LogP contribution >= 0.6 is 23.2 Å². The SMILES string of the molecule is COc1ccc(OC)c(-c2ccc(N3CCN(C(=O)COc4c(Cl)cc(F)cc4Cl)CC3)nn2)c1. The molecular formula is C24H23Cl2FN4O4. The maximum absolute atomic E-state index is 13.3. The lowest BCUT2D eigenvalue weighted by Crippen LogP contribution is -2.50.